The van der Waals surface area contributed by atoms with Crippen LogP contribution >= 0.6 is 0 Å². The molecule has 0 aliphatic rings. The van der Waals surface area contributed by atoms with Crippen LogP contribution in [-0.2, 0) is 6.18 Å². The lowest BCUT2D eigenvalue weighted by Crippen LogP contribution is -2.21. The van der Waals surface area contributed by atoms with Crippen LogP contribution in [0, 0.1) is 0 Å². The molecule has 1 rings (SSSR count). The third-order valence-electron chi connectivity index (χ3n) is 2.06. The van der Waals surface area contributed by atoms with E-state index in [2.05, 4.69) is 15.3 Å². The van der Waals surface area contributed by atoms with Crippen molar-refractivity contribution in [1.82, 2.24) is 9.97 Å². The van der Waals surface area contributed by atoms with E-state index in [0.717, 1.165) is 18.7 Å². The van der Waals surface area contributed by atoms with Crippen molar-refractivity contribution in [1.29, 1.82) is 0 Å². The molecule has 0 fully saturated rings. The number of aliphatic hydroxyl groups is 1. The molecule has 1 aromatic heterocycles. The van der Waals surface area contributed by atoms with E-state index in [1.165, 1.54) is 0 Å². The molecule has 1 atom stereocenters. The first-order valence-electron chi connectivity index (χ1n) is 5.25. The molecule has 4 nitrogen and oxygen atoms in total. The summed E-state index contributed by atoms with van der Waals surface area (Å²) in [7, 11) is 0. The van der Waals surface area contributed by atoms with Gasteiger partial charge in [-0.2, -0.15) is 13.2 Å². The summed E-state index contributed by atoms with van der Waals surface area (Å²) in [5, 5.41) is 12.0. The molecule has 0 radical (unpaired) electrons. The van der Waals surface area contributed by atoms with Crippen molar-refractivity contribution in [3.8, 4) is 0 Å². The van der Waals surface area contributed by atoms with Gasteiger partial charge in [0.1, 0.15) is 5.69 Å². The second kappa shape index (κ2) is 5.81. The normalized spacial score (nSPS) is 13.5. The summed E-state index contributed by atoms with van der Waals surface area (Å²) >= 11 is 0. The molecule has 0 spiro atoms. The first-order valence-corrected chi connectivity index (χ1v) is 5.25. The van der Waals surface area contributed by atoms with Gasteiger partial charge in [-0.15, -0.1) is 0 Å². The standard InChI is InChI=1S/C10H14F3N3O/c1-2-3-7(17)6-15-9-14-5-4-8(16-9)10(11,12)13/h4-5,7,17H,2-3,6H2,1H3,(H,14,15,16). The van der Waals surface area contributed by atoms with Crippen LogP contribution in [0.2, 0.25) is 0 Å². The number of nitrogens with zero attached hydrogens (tertiary/aromatic N) is 2. The third-order valence-corrected chi connectivity index (χ3v) is 2.06. The predicted molar refractivity (Wildman–Crippen MR) is 56.4 cm³/mol. The fourth-order valence-corrected chi connectivity index (χ4v) is 1.25. The Morgan fingerprint density at radius 3 is 2.76 bits per heavy atom. The Morgan fingerprint density at radius 1 is 1.47 bits per heavy atom. The van der Waals surface area contributed by atoms with Gasteiger partial charge in [0.2, 0.25) is 5.95 Å². The molecule has 0 saturated carbocycles. The van der Waals surface area contributed by atoms with Gasteiger partial charge in [-0.1, -0.05) is 13.3 Å². The van der Waals surface area contributed by atoms with Gasteiger partial charge < -0.3 is 10.4 Å². The Bertz CT molecular complexity index is 357. The molecular weight excluding hydrogens is 235 g/mol. The fraction of sp³-hybridized carbons (Fsp3) is 0.600. The summed E-state index contributed by atoms with van der Waals surface area (Å²) in [4.78, 5) is 6.97. The summed E-state index contributed by atoms with van der Waals surface area (Å²) in [5.41, 5.74) is -1.00. The summed E-state index contributed by atoms with van der Waals surface area (Å²) in [6, 6.07) is 0.799. The quantitative estimate of drug-likeness (QED) is 0.838. The molecule has 96 valence electrons. The number of hydrogen-bond donors (Lipinski definition) is 2. The lowest BCUT2D eigenvalue weighted by atomic mass is 10.2. The van der Waals surface area contributed by atoms with E-state index in [1.54, 1.807) is 0 Å². The number of nitrogens with one attached hydrogen (secondary N) is 1. The van der Waals surface area contributed by atoms with Gasteiger partial charge in [-0.05, 0) is 12.5 Å². The van der Waals surface area contributed by atoms with Crippen LogP contribution in [0.4, 0.5) is 19.1 Å². The van der Waals surface area contributed by atoms with Crippen molar-refractivity contribution < 1.29 is 18.3 Å². The molecule has 2 N–H and O–H groups in total. The minimum atomic E-state index is -4.48. The number of hydrogen-bond acceptors (Lipinski definition) is 4. The average molecular weight is 249 g/mol. The topological polar surface area (TPSA) is 58.0 Å². The fourth-order valence-electron chi connectivity index (χ4n) is 1.25. The highest BCUT2D eigenvalue weighted by atomic mass is 19.4. The van der Waals surface area contributed by atoms with Gasteiger partial charge in [0.25, 0.3) is 0 Å². The second-order valence-electron chi connectivity index (χ2n) is 3.59. The Kier molecular flexibility index (Phi) is 4.68. The zero-order chi connectivity index (χ0) is 12.9. The molecule has 0 bridgehead atoms. The van der Waals surface area contributed by atoms with Crippen molar-refractivity contribution in [3.05, 3.63) is 18.0 Å². The number of anilines is 1. The highest BCUT2D eigenvalue weighted by Gasteiger charge is 2.32. The highest BCUT2D eigenvalue weighted by molar-refractivity contribution is 5.26. The largest absolute Gasteiger partial charge is 0.433 e. The lowest BCUT2D eigenvalue weighted by molar-refractivity contribution is -0.141. The number of aliphatic hydroxyl groups excluding tert-OH is 1. The second-order valence-corrected chi connectivity index (χ2v) is 3.59. The van der Waals surface area contributed by atoms with Crippen LogP contribution in [0.25, 0.3) is 0 Å². The van der Waals surface area contributed by atoms with Gasteiger partial charge >= 0.3 is 6.18 Å². The smallest absolute Gasteiger partial charge is 0.391 e. The van der Waals surface area contributed by atoms with E-state index >= 15 is 0 Å². The van der Waals surface area contributed by atoms with Crippen molar-refractivity contribution in [2.45, 2.75) is 32.0 Å². The molecule has 0 amide bonds. The van der Waals surface area contributed by atoms with Gasteiger partial charge in [0.15, 0.2) is 0 Å². The molecule has 1 unspecified atom stereocenters. The molecular formula is C10H14F3N3O. The van der Waals surface area contributed by atoms with E-state index in [9.17, 15) is 18.3 Å². The summed E-state index contributed by atoms with van der Waals surface area (Å²) in [6.07, 6.45) is -2.69. The summed E-state index contributed by atoms with van der Waals surface area (Å²) in [5.74, 6) is -0.130. The number of rotatable bonds is 5. The zero-order valence-electron chi connectivity index (χ0n) is 9.33. The van der Waals surface area contributed by atoms with E-state index < -0.39 is 18.0 Å². The minimum Gasteiger partial charge on any atom is -0.391 e. The van der Waals surface area contributed by atoms with Crippen LogP contribution in [0.15, 0.2) is 12.3 Å². The summed E-state index contributed by atoms with van der Waals surface area (Å²) < 4.78 is 37.0. The predicted octanol–water partition coefficient (Wildman–Crippen LogP) is 2.07. The van der Waals surface area contributed by atoms with Crippen LogP contribution in [-0.4, -0.2) is 27.7 Å². The first-order chi connectivity index (χ1) is 7.93. The SMILES string of the molecule is CCCC(O)CNc1nccc(C(F)(F)F)n1. The molecule has 1 aromatic rings. The minimum absolute atomic E-state index is 0.130. The van der Waals surface area contributed by atoms with Gasteiger partial charge in [-0.3, -0.25) is 0 Å². The summed E-state index contributed by atoms with van der Waals surface area (Å²) in [6.45, 7) is 2.04. The monoisotopic (exact) mass is 249 g/mol. The Hall–Kier alpha value is -1.37. The van der Waals surface area contributed by atoms with Crippen molar-refractivity contribution in [2.24, 2.45) is 0 Å². The maximum Gasteiger partial charge on any atom is 0.433 e. The Labute approximate surface area is 96.9 Å². The number of alkyl halides is 3. The van der Waals surface area contributed by atoms with Crippen LogP contribution in [0.1, 0.15) is 25.5 Å². The maximum absolute atomic E-state index is 12.3. The van der Waals surface area contributed by atoms with Crippen molar-refractivity contribution in [3.63, 3.8) is 0 Å². The van der Waals surface area contributed by atoms with Crippen molar-refractivity contribution in [2.75, 3.05) is 11.9 Å². The molecule has 1 heterocycles. The van der Waals surface area contributed by atoms with Crippen LogP contribution in [0.5, 0.6) is 0 Å². The number of aromatic nitrogens is 2. The van der Waals surface area contributed by atoms with E-state index in [4.69, 9.17) is 0 Å². The third kappa shape index (κ3) is 4.56. The lowest BCUT2D eigenvalue weighted by Gasteiger charge is -2.11. The van der Waals surface area contributed by atoms with Gasteiger partial charge in [-0.25, -0.2) is 9.97 Å². The van der Waals surface area contributed by atoms with Gasteiger partial charge in [0.05, 0.1) is 6.10 Å². The van der Waals surface area contributed by atoms with Gasteiger partial charge in [0, 0.05) is 12.7 Å². The Morgan fingerprint density at radius 2 is 2.18 bits per heavy atom. The first kappa shape index (κ1) is 13.7. The van der Waals surface area contributed by atoms with E-state index in [1.807, 2.05) is 6.92 Å². The molecule has 0 aliphatic carbocycles. The highest BCUT2D eigenvalue weighted by Crippen LogP contribution is 2.27. The maximum atomic E-state index is 12.3. The molecule has 0 saturated heterocycles. The van der Waals surface area contributed by atoms with Crippen LogP contribution < -0.4 is 5.32 Å². The van der Waals surface area contributed by atoms with Crippen LogP contribution in [0.3, 0.4) is 0 Å². The average Bonchev–Trinajstić information content (AvgIpc) is 2.26. The van der Waals surface area contributed by atoms with E-state index in [-0.39, 0.29) is 12.5 Å². The number of halogens is 3. The molecule has 7 heteroatoms. The molecule has 0 aromatic carbocycles. The molecule has 17 heavy (non-hydrogen) atoms. The van der Waals surface area contributed by atoms with Crippen molar-refractivity contribution >= 4 is 5.95 Å². The molecule has 0 aliphatic heterocycles. The zero-order valence-corrected chi connectivity index (χ0v) is 9.33. The Balaban J connectivity index is 2.60. The van der Waals surface area contributed by atoms with E-state index in [0.29, 0.717) is 6.42 Å².